The molecule has 7 atom stereocenters. The molecule has 0 amide bonds. The van der Waals surface area contributed by atoms with Crippen LogP contribution in [-0.2, 0) is 0 Å². The van der Waals surface area contributed by atoms with Crippen molar-refractivity contribution in [2.45, 2.75) is 71.3 Å². The first kappa shape index (κ1) is 15.9. The van der Waals surface area contributed by atoms with Crippen molar-refractivity contribution in [3.05, 3.63) is 24.1 Å². The van der Waals surface area contributed by atoms with E-state index in [4.69, 9.17) is 0 Å². The Kier molecular flexibility index (Phi) is 3.58. The summed E-state index contributed by atoms with van der Waals surface area (Å²) in [4.78, 5) is 0. The van der Waals surface area contributed by atoms with Crippen molar-refractivity contribution in [1.82, 2.24) is 0 Å². The minimum atomic E-state index is -0.546. The molecule has 128 valence electrons. The van der Waals surface area contributed by atoms with Gasteiger partial charge in [-0.2, -0.15) is 0 Å². The van der Waals surface area contributed by atoms with Crippen LogP contribution in [0.2, 0.25) is 0 Å². The third kappa shape index (κ3) is 2.06. The van der Waals surface area contributed by atoms with E-state index in [2.05, 4.69) is 26.5 Å². The molecule has 0 aromatic rings. The second kappa shape index (κ2) is 5.18. The summed E-state index contributed by atoms with van der Waals surface area (Å²) in [5.74, 6) is 1.17. The minimum absolute atomic E-state index is 0.114. The van der Waals surface area contributed by atoms with E-state index in [1.54, 1.807) is 5.57 Å². The van der Waals surface area contributed by atoms with Gasteiger partial charge < -0.3 is 5.11 Å². The summed E-state index contributed by atoms with van der Waals surface area (Å²) in [6.45, 7) is 8.23. The van der Waals surface area contributed by atoms with E-state index in [0.717, 1.165) is 25.2 Å². The molecule has 0 bridgehead atoms. The fourth-order valence-corrected chi connectivity index (χ4v) is 7.02. The Hall–Kier alpha value is -0.630. The van der Waals surface area contributed by atoms with Crippen LogP contribution in [0, 0.1) is 34.5 Å². The lowest BCUT2D eigenvalue weighted by molar-refractivity contribution is -0.0697. The van der Waals surface area contributed by atoms with Crippen LogP contribution in [0.5, 0.6) is 0 Å². The van der Waals surface area contributed by atoms with Gasteiger partial charge >= 0.3 is 0 Å². The van der Waals surface area contributed by atoms with E-state index < -0.39 is 6.10 Å². The molecular weight excluding hydrogens is 287 g/mol. The van der Waals surface area contributed by atoms with Gasteiger partial charge in [-0.05, 0) is 73.5 Å². The predicted octanol–water partition coefficient (Wildman–Crippen LogP) is 5.41. The summed E-state index contributed by atoms with van der Waals surface area (Å²) < 4.78 is 13.9. The maximum atomic E-state index is 13.9. The number of hydrogen-bond donors (Lipinski definition) is 1. The number of rotatable bonds is 1. The number of aliphatic hydroxyl groups excluding tert-OH is 1. The van der Waals surface area contributed by atoms with Crippen LogP contribution in [0.3, 0.4) is 0 Å². The molecule has 3 fully saturated rings. The summed E-state index contributed by atoms with van der Waals surface area (Å²) in [5.41, 5.74) is 1.97. The minimum Gasteiger partial charge on any atom is -0.392 e. The van der Waals surface area contributed by atoms with Gasteiger partial charge in [-0.25, -0.2) is 4.39 Å². The van der Waals surface area contributed by atoms with Crippen LogP contribution >= 0.6 is 0 Å². The Balaban J connectivity index is 1.69. The molecule has 0 radical (unpaired) electrons. The van der Waals surface area contributed by atoms with E-state index in [0.29, 0.717) is 17.3 Å². The first-order valence-corrected chi connectivity index (χ1v) is 9.60. The fraction of sp³-hybridized carbons (Fsp3) is 0.810. The van der Waals surface area contributed by atoms with E-state index in [1.807, 2.05) is 0 Å². The third-order valence-electron chi connectivity index (χ3n) is 8.42. The lowest BCUT2D eigenvalue weighted by atomic mass is 9.48. The average Bonchev–Trinajstić information content (AvgIpc) is 2.79. The molecule has 0 saturated heterocycles. The summed E-state index contributed by atoms with van der Waals surface area (Å²) in [5, 5.41) is 10.8. The van der Waals surface area contributed by atoms with Gasteiger partial charge in [0.2, 0.25) is 0 Å². The zero-order valence-corrected chi connectivity index (χ0v) is 14.7. The highest BCUT2D eigenvalue weighted by molar-refractivity contribution is 5.25. The second-order valence-electron chi connectivity index (χ2n) is 9.24. The van der Waals surface area contributed by atoms with Gasteiger partial charge in [0.1, 0.15) is 0 Å². The average molecular weight is 318 g/mol. The van der Waals surface area contributed by atoms with E-state index in [9.17, 15) is 9.50 Å². The van der Waals surface area contributed by atoms with Gasteiger partial charge in [0.25, 0.3) is 0 Å². The molecule has 1 N–H and O–H groups in total. The molecule has 4 rings (SSSR count). The maximum absolute atomic E-state index is 13.9. The van der Waals surface area contributed by atoms with Crippen molar-refractivity contribution in [2.75, 3.05) is 0 Å². The third-order valence-corrected chi connectivity index (χ3v) is 8.42. The lowest BCUT2D eigenvalue weighted by Crippen LogP contribution is -2.50. The number of halogens is 1. The highest BCUT2D eigenvalue weighted by atomic mass is 19.1. The molecule has 0 aromatic heterocycles. The molecule has 3 saturated carbocycles. The van der Waals surface area contributed by atoms with Crippen molar-refractivity contribution in [2.24, 2.45) is 34.5 Å². The standard InChI is InChI=1S/C21H31FO/c1-13(22)16-12-18-15-8-7-14-6-4-5-10-20(14,2)17(15)9-11-21(18,3)19(16)23/h7,15-19,23H,1,4-6,8-12H2,2-3H3/t15-,16?,17-,18+,19?,20+,21+/m1/s1. The number of aliphatic hydroxyl groups is 1. The maximum Gasteiger partial charge on any atom is 0.0985 e. The highest BCUT2D eigenvalue weighted by Gasteiger charge is 2.61. The number of allylic oxidation sites excluding steroid dienone is 2. The van der Waals surface area contributed by atoms with Gasteiger partial charge in [0, 0.05) is 5.92 Å². The van der Waals surface area contributed by atoms with E-state index in [1.165, 1.54) is 32.1 Å². The van der Waals surface area contributed by atoms with E-state index >= 15 is 0 Å². The lowest BCUT2D eigenvalue weighted by Gasteiger charge is -2.57. The summed E-state index contributed by atoms with van der Waals surface area (Å²) in [6.07, 6.45) is 11.5. The van der Waals surface area contributed by atoms with Crippen molar-refractivity contribution in [3.63, 3.8) is 0 Å². The van der Waals surface area contributed by atoms with E-state index in [-0.39, 0.29) is 17.2 Å². The van der Waals surface area contributed by atoms with Crippen molar-refractivity contribution in [3.8, 4) is 0 Å². The predicted molar refractivity (Wildman–Crippen MR) is 91.4 cm³/mol. The highest BCUT2D eigenvalue weighted by Crippen LogP contribution is 2.66. The van der Waals surface area contributed by atoms with Crippen molar-refractivity contribution in [1.29, 1.82) is 0 Å². The first-order valence-electron chi connectivity index (χ1n) is 9.60. The molecule has 0 aromatic carbocycles. The number of fused-ring (bicyclic) bond motifs is 5. The van der Waals surface area contributed by atoms with Gasteiger partial charge in [0.05, 0.1) is 11.9 Å². The molecule has 0 heterocycles. The summed E-state index contributed by atoms with van der Waals surface area (Å²) in [6, 6.07) is 0. The molecule has 4 aliphatic carbocycles. The van der Waals surface area contributed by atoms with Gasteiger partial charge in [-0.3, -0.25) is 0 Å². The molecule has 2 unspecified atom stereocenters. The van der Waals surface area contributed by atoms with Crippen LogP contribution in [-0.4, -0.2) is 11.2 Å². The normalized spacial score (nSPS) is 52.2. The Bertz CT molecular complexity index is 552. The SMILES string of the molecule is C=C(F)C1C[C@H]2[C@@H]3CC=C4CCCC[C@]4(C)[C@@H]3CC[C@]2(C)C1O. The van der Waals surface area contributed by atoms with Crippen LogP contribution in [0.25, 0.3) is 0 Å². The largest absolute Gasteiger partial charge is 0.392 e. The summed E-state index contributed by atoms with van der Waals surface area (Å²) >= 11 is 0. The molecule has 23 heavy (non-hydrogen) atoms. The quantitative estimate of drug-likeness (QED) is 0.641. The molecule has 4 aliphatic rings. The molecule has 0 aliphatic heterocycles. The molecule has 0 spiro atoms. The van der Waals surface area contributed by atoms with Gasteiger partial charge in [-0.15, -0.1) is 0 Å². The number of hydrogen-bond acceptors (Lipinski definition) is 1. The van der Waals surface area contributed by atoms with Crippen LogP contribution in [0.15, 0.2) is 24.1 Å². The smallest absolute Gasteiger partial charge is 0.0985 e. The Morgan fingerprint density at radius 1 is 1.26 bits per heavy atom. The fourth-order valence-electron chi connectivity index (χ4n) is 7.02. The van der Waals surface area contributed by atoms with Gasteiger partial charge in [0.15, 0.2) is 0 Å². The zero-order valence-electron chi connectivity index (χ0n) is 14.7. The van der Waals surface area contributed by atoms with Crippen LogP contribution < -0.4 is 0 Å². The Morgan fingerprint density at radius 3 is 2.78 bits per heavy atom. The first-order chi connectivity index (χ1) is 10.9. The summed E-state index contributed by atoms with van der Waals surface area (Å²) in [7, 11) is 0. The van der Waals surface area contributed by atoms with Crippen LogP contribution in [0.1, 0.15) is 65.2 Å². The monoisotopic (exact) mass is 318 g/mol. The topological polar surface area (TPSA) is 20.2 Å². The molecular formula is C21H31FO. The molecule has 1 nitrogen and oxygen atoms in total. The zero-order chi connectivity index (χ0) is 16.4. The second-order valence-corrected chi connectivity index (χ2v) is 9.24. The van der Waals surface area contributed by atoms with Crippen molar-refractivity contribution >= 4 is 0 Å². The van der Waals surface area contributed by atoms with Crippen LogP contribution in [0.4, 0.5) is 4.39 Å². The van der Waals surface area contributed by atoms with Gasteiger partial charge in [-0.1, -0.05) is 38.5 Å². The van der Waals surface area contributed by atoms with Crippen molar-refractivity contribution < 1.29 is 9.50 Å². The molecule has 2 heteroatoms. The Labute approximate surface area is 140 Å². The Morgan fingerprint density at radius 2 is 2.04 bits per heavy atom.